The molecule has 1 aliphatic rings. The van der Waals surface area contributed by atoms with E-state index in [1.165, 1.54) is 0 Å². The molecule has 464 valence electrons. The summed E-state index contributed by atoms with van der Waals surface area (Å²) >= 11 is 10.6. The molecule has 20 heteroatoms. The van der Waals surface area contributed by atoms with Gasteiger partial charge in [-0.05, 0) is 0 Å². The molecule has 2 aromatic rings. The molecule has 0 bridgehead atoms. The molecule has 0 saturated carbocycles. The molecular formula is C60H134Br2Ge2S2Si14. The fraction of sp³-hybridized carbons (Fsp3) is 0.800. The first-order valence-corrected chi connectivity index (χ1v) is 105. The van der Waals surface area contributed by atoms with Crippen LogP contribution in [0.1, 0.15) is 54.0 Å². The van der Waals surface area contributed by atoms with E-state index in [-0.39, 0.29) is 0 Å². The molecule has 0 atom stereocenters. The molecule has 0 radical (unpaired) electrons. The van der Waals surface area contributed by atoms with E-state index in [9.17, 15) is 0 Å². The van der Waals surface area contributed by atoms with Gasteiger partial charge < -0.3 is 0 Å². The first-order valence-electron chi connectivity index (χ1n) is 31.5. The maximum atomic E-state index is 5.32. The van der Waals surface area contributed by atoms with Crippen LogP contribution in [0.4, 0.5) is 0 Å². The van der Waals surface area contributed by atoms with E-state index in [1.54, 1.807) is 0 Å². The molecule has 0 N–H and O–H groups in total. The second-order valence-electron chi connectivity index (χ2n) is 41.0. The fourth-order valence-corrected chi connectivity index (χ4v) is 376. The summed E-state index contributed by atoms with van der Waals surface area (Å²) in [6, 6.07) is 12.5. The molecule has 1 heterocycles. The van der Waals surface area contributed by atoms with Gasteiger partial charge in [0.1, 0.15) is 0 Å². The molecule has 2 aromatic carbocycles. The van der Waals surface area contributed by atoms with Crippen LogP contribution in [0.5, 0.6) is 0 Å². The molecule has 0 unspecified atom stereocenters. The second-order valence-corrected chi connectivity index (χ2v) is 182. The predicted octanol–water partition coefficient (Wildman–Crippen LogP) is 23.0. The van der Waals surface area contributed by atoms with Crippen LogP contribution in [0.2, 0.25) is 275 Å². The van der Waals surface area contributed by atoms with E-state index in [4.69, 9.17) is 28.0 Å². The van der Waals surface area contributed by atoms with Crippen molar-refractivity contribution in [1.29, 1.82) is 0 Å². The summed E-state index contributed by atoms with van der Waals surface area (Å²) in [5.41, 5.74) is 11.4. The summed E-state index contributed by atoms with van der Waals surface area (Å²) in [7, 11) is -26.6. The van der Waals surface area contributed by atoms with E-state index in [0.717, 1.165) is 0 Å². The van der Waals surface area contributed by atoms with Crippen LogP contribution in [-0.2, 0) is 8.57 Å². The van der Waals surface area contributed by atoms with Crippen molar-refractivity contribution in [2.75, 3.05) is 0 Å². The van der Waals surface area contributed by atoms with Gasteiger partial charge in [-0.25, -0.2) is 0 Å². The Hall–Kier alpha value is 4.22. The average Bonchev–Trinajstić information content (AvgIpc) is 3.02. The van der Waals surface area contributed by atoms with Gasteiger partial charge in [-0.2, -0.15) is 0 Å². The van der Waals surface area contributed by atoms with Gasteiger partial charge in [-0.1, -0.05) is 0 Å². The third kappa shape index (κ3) is 15.0. The average molecular weight is 1620 g/mol. The summed E-state index contributed by atoms with van der Waals surface area (Å²) in [6.07, 6.45) is 0. The van der Waals surface area contributed by atoms with Gasteiger partial charge in [0.15, 0.2) is 0 Å². The van der Waals surface area contributed by atoms with Crippen molar-refractivity contribution in [3.8, 4) is 0 Å². The molecule has 0 nitrogen and oxygen atoms in total. The molecule has 1 fully saturated rings. The zero-order valence-electron chi connectivity index (χ0n) is 61.2. The molecule has 80 heavy (non-hydrogen) atoms. The van der Waals surface area contributed by atoms with Crippen LogP contribution in [0.15, 0.2) is 24.3 Å². The first-order chi connectivity index (χ1) is 34.3. The van der Waals surface area contributed by atoms with Crippen molar-refractivity contribution >= 4 is 185 Å². The van der Waals surface area contributed by atoms with Crippen molar-refractivity contribution < 1.29 is 0 Å². The summed E-state index contributed by atoms with van der Waals surface area (Å²) in [4.78, 5) is 0. The van der Waals surface area contributed by atoms with E-state index >= 15 is 0 Å². The van der Waals surface area contributed by atoms with Crippen molar-refractivity contribution in [3.63, 3.8) is 0 Å². The van der Waals surface area contributed by atoms with Gasteiger partial charge >= 0.3 is 547 Å². The van der Waals surface area contributed by atoms with E-state index in [2.05, 4.69) is 316 Å². The van der Waals surface area contributed by atoms with Crippen LogP contribution in [0, 0.1) is 0 Å². The molecule has 0 aromatic heterocycles. The molecule has 1 saturated heterocycles. The number of rotatable bonds is 22. The standard InChI is InChI=1S/C60H134Br2Ge2S2Si14/c1-67(2,3)55(68(4,5)6)49-43-47(59(75(25,26)27,76(28,29)30)77(31,32)33)44-50(56(69(7,8)9)70(10,11)12)53(49)63(61)65-64(62,66-63)54-51(57(71(13,14)15)72(16,17)18)45-48(46-52(54)58(73(19,20)21)74(22,23)24)60(78(34,35)36,79(37,38)39)80(40,41)42/h43-46,55-58H,1-42H3. The van der Waals surface area contributed by atoms with Crippen LogP contribution < -0.4 is 8.79 Å². The van der Waals surface area contributed by atoms with E-state index in [0.29, 0.717) is 29.2 Å². The van der Waals surface area contributed by atoms with Crippen LogP contribution in [-0.4, -0.2) is 131 Å². The van der Waals surface area contributed by atoms with Crippen LogP contribution in [0.3, 0.4) is 0 Å². The Morgan fingerprint density at radius 1 is 0.263 bits per heavy atom. The van der Waals surface area contributed by atoms with Gasteiger partial charge in [0.2, 0.25) is 0 Å². The SMILES string of the molecule is C[Si](C)(C)C(c1cc(C([Si](C)(C)C)([Si](C)(C)C)[Si](C)(C)C)cc(C([Si](C)(C)C)[Si](C)(C)C)[c]1[Ge]1([Br])[S][Ge]([Br])([c]2c(C([Si](C)(C)C)[Si](C)(C)C)cc(C([Si](C)(C)C)([Si](C)(C)C)[Si](C)(C)C)cc2C([Si](C)(C)C)[Si](C)(C)C)[S]1)[Si](C)(C)C. The predicted molar refractivity (Wildman–Crippen MR) is 438 cm³/mol. The molecule has 0 amide bonds. The van der Waals surface area contributed by atoms with Gasteiger partial charge in [-0.3, -0.25) is 0 Å². The Morgan fingerprint density at radius 2 is 0.388 bits per heavy atom. The zero-order valence-corrected chi connectivity index (χ0v) is 84.2. The van der Waals surface area contributed by atoms with Gasteiger partial charge in [0.25, 0.3) is 0 Å². The Morgan fingerprint density at radius 3 is 0.487 bits per heavy atom. The minimum absolute atomic E-state index is 0.319. The van der Waals surface area contributed by atoms with Crippen LogP contribution >= 0.6 is 44.8 Å². The van der Waals surface area contributed by atoms with E-state index in [1.807, 2.05) is 42.2 Å². The van der Waals surface area contributed by atoms with Crippen molar-refractivity contribution in [3.05, 3.63) is 57.6 Å². The molecule has 0 aliphatic carbocycles. The van der Waals surface area contributed by atoms with Crippen molar-refractivity contribution in [1.82, 2.24) is 0 Å². The van der Waals surface area contributed by atoms with Crippen molar-refractivity contribution in [2.45, 2.75) is 304 Å². The van der Waals surface area contributed by atoms with Gasteiger partial charge in [0, 0.05) is 0 Å². The number of hydrogen-bond donors (Lipinski definition) is 0. The fourth-order valence-electron chi connectivity index (χ4n) is 22.2. The third-order valence-corrected chi connectivity index (χ3v) is 233. The molecule has 1 aliphatic heterocycles. The second kappa shape index (κ2) is 23.7. The maximum absolute atomic E-state index is 5.32. The van der Waals surface area contributed by atoms with Crippen molar-refractivity contribution in [2.24, 2.45) is 0 Å². The zero-order chi connectivity index (χ0) is 64.2. The number of halogens is 2. The van der Waals surface area contributed by atoms with Gasteiger partial charge in [0.05, 0.1) is 0 Å². The Balaban J connectivity index is 3.12. The third-order valence-electron chi connectivity index (χ3n) is 19.3. The minimum atomic E-state index is -3.30. The van der Waals surface area contributed by atoms with E-state index < -0.39 is 131 Å². The monoisotopic (exact) mass is 1620 g/mol. The summed E-state index contributed by atoms with van der Waals surface area (Å²) < 4.78 is 4.58. The number of hydrogen-bond acceptors (Lipinski definition) is 2. The van der Waals surface area contributed by atoms with Crippen LogP contribution in [0.25, 0.3) is 0 Å². The Bertz CT molecular complexity index is 2150. The Labute approximate surface area is 540 Å². The Kier molecular flexibility index (Phi) is 23.2. The number of benzene rings is 2. The molecule has 0 spiro atoms. The molecule has 3 rings (SSSR count). The summed E-state index contributed by atoms with van der Waals surface area (Å²) in [5.74, 6) is 0. The quantitative estimate of drug-likeness (QED) is 0.108. The normalized spacial score (nSPS) is 20.2. The summed E-state index contributed by atoms with van der Waals surface area (Å²) in [5, 5.41) is 2.74. The summed E-state index contributed by atoms with van der Waals surface area (Å²) in [6.45, 7) is 118. The first kappa shape index (κ1) is 78.5. The van der Waals surface area contributed by atoms with Gasteiger partial charge in [-0.15, -0.1) is 0 Å². The molecular weight excluding hydrogens is 1480 g/mol. The topological polar surface area (TPSA) is 0 Å².